The maximum atomic E-state index is 12.8. The van der Waals surface area contributed by atoms with Gasteiger partial charge in [0.05, 0.1) is 10.6 Å². The Labute approximate surface area is 178 Å². The van der Waals surface area contributed by atoms with Gasteiger partial charge in [-0.05, 0) is 30.7 Å². The monoisotopic (exact) mass is 461 g/mol. The average Bonchev–Trinajstić information content (AvgIpc) is 3.33. The minimum absolute atomic E-state index is 0.0114. The van der Waals surface area contributed by atoms with Crippen LogP contribution in [0.5, 0.6) is 0 Å². The third-order valence-electron chi connectivity index (χ3n) is 4.65. The van der Waals surface area contributed by atoms with Gasteiger partial charge in [0.15, 0.2) is 27.1 Å². The molecule has 0 spiro atoms. The molecule has 0 aromatic carbocycles. The summed E-state index contributed by atoms with van der Waals surface area (Å²) in [6.45, 7) is 3.43. The number of rotatable bonds is 5. The van der Waals surface area contributed by atoms with E-state index in [-0.39, 0.29) is 27.3 Å². The van der Waals surface area contributed by atoms with Crippen LogP contribution in [0.3, 0.4) is 0 Å². The van der Waals surface area contributed by atoms with Gasteiger partial charge < -0.3 is 4.57 Å². The fourth-order valence-electron chi connectivity index (χ4n) is 3.05. The van der Waals surface area contributed by atoms with E-state index >= 15 is 0 Å². The van der Waals surface area contributed by atoms with E-state index in [2.05, 4.69) is 25.0 Å². The van der Waals surface area contributed by atoms with Crippen LogP contribution in [0.25, 0.3) is 28.5 Å². The van der Waals surface area contributed by atoms with Crippen molar-refractivity contribution >= 4 is 30.8 Å². The topological polar surface area (TPSA) is 143 Å². The van der Waals surface area contributed by atoms with E-state index in [9.17, 15) is 16.8 Å². The van der Waals surface area contributed by atoms with Gasteiger partial charge in [0.25, 0.3) is 5.16 Å². The van der Waals surface area contributed by atoms with Crippen LogP contribution in [0, 0.1) is 6.92 Å². The first-order chi connectivity index (χ1) is 14.5. The fourth-order valence-corrected chi connectivity index (χ4v) is 4.54. The van der Waals surface area contributed by atoms with Crippen LogP contribution in [0.15, 0.2) is 40.8 Å². The lowest BCUT2D eigenvalue weighted by Gasteiger charge is -2.10. The number of aryl methyl sites for hydroxylation is 2. The maximum Gasteiger partial charge on any atom is 0.266 e. The standard InChI is InChI=1S/C18H19N7O4S2/c1-5-31(28,29)13-6-7-14(25-10-20-18(23-25)30(4,26)27)22-15(13)17-21-12-8-11(2)9-19-16(12)24(17)3/h6-10H,5H2,1-4H3. The van der Waals surface area contributed by atoms with Gasteiger partial charge in [0, 0.05) is 19.5 Å². The molecule has 0 unspecified atom stereocenters. The lowest BCUT2D eigenvalue weighted by atomic mass is 10.3. The van der Waals surface area contributed by atoms with Gasteiger partial charge in [-0.2, -0.15) is 0 Å². The molecule has 0 saturated heterocycles. The largest absolute Gasteiger partial charge is 0.310 e. The molecule has 0 aliphatic heterocycles. The molecule has 0 amide bonds. The van der Waals surface area contributed by atoms with E-state index in [1.54, 1.807) is 24.7 Å². The van der Waals surface area contributed by atoms with Crippen molar-refractivity contribution < 1.29 is 16.8 Å². The number of pyridine rings is 2. The molecular weight excluding hydrogens is 442 g/mol. The summed E-state index contributed by atoms with van der Waals surface area (Å²) in [4.78, 5) is 17.2. The molecule has 0 aliphatic carbocycles. The zero-order valence-electron chi connectivity index (χ0n) is 17.2. The van der Waals surface area contributed by atoms with Gasteiger partial charge in [0.1, 0.15) is 17.5 Å². The van der Waals surface area contributed by atoms with Crippen molar-refractivity contribution in [1.29, 1.82) is 0 Å². The zero-order chi connectivity index (χ0) is 22.6. The summed E-state index contributed by atoms with van der Waals surface area (Å²) in [5.41, 5.74) is 2.21. The highest BCUT2D eigenvalue weighted by atomic mass is 32.2. The summed E-state index contributed by atoms with van der Waals surface area (Å²) in [5, 5.41) is 3.58. The number of sulfone groups is 2. The van der Waals surface area contributed by atoms with Crippen LogP contribution < -0.4 is 0 Å². The molecule has 4 aromatic heterocycles. The summed E-state index contributed by atoms with van der Waals surface area (Å²) in [6, 6.07) is 4.70. The number of imidazole rings is 1. The third-order valence-corrected chi connectivity index (χ3v) is 7.26. The average molecular weight is 462 g/mol. The molecule has 31 heavy (non-hydrogen) atoms. The van der Waals surface area contributed by atoms with Crippen LogP contribution in [-0.4, -0.2) is 63.1 Å². The molecule has 13 heteroatoms. The van der Waals surface area contributed by atoms with Crippen molar-refractivity contribution in [3.8, 4) is 17.3 Å². The Morgan fingerprint density at radius 3 is 2.45 bits per heavy atom. The lowest BCUT2D eigenvalue weighted by molar-refractivity contribution is 0.592. The molecular formula is C18H19N7O4S2. The van der Waals surface area contributed by atoms with Gasteiger partial charge in [-0.15, -0.1) is 5.10 Å². The second-order valence-corrected chi connectivity index (χ2v) is 11.2. The molecule has 0 saturated carbocycles. The normalized spacial score (nSPS) is 12.5. The van der Waals surface area contributed by atoms with Crippen molar-refractivity contribution in [2.24, 2.45) is 7.05 Å². The van der Waals surface area contributed by atoms with E-state index in [1.807, 2.05) is 13.0 Å². The van der Waals surface area contributed by atoms with Gasteiger partial charge in [-0.3, -0.25) is 0 Å². The first kappa shape index (κ1) is 21.1. The third kappa shape index (κ3) is 3.70. The second-order valence-electron chi connectivity index (χ2n) is 7.01. The van der Waals surface area contributed by atoms with Gasteiger partial charge in [0.2, 0.25) is 9.84 Å². The Hall–Kier alpha value is -3.19. The summed E-state index contributed by atoms with van der Waals surface area (Å²) >= 11 is 0. The Bertz CT molecular complexity index is 1540. The predicted molar refractivity (Wildman–Crippen MR) is 112 cm³/mol. The highest BCUT2D eigenvalue weighted by Gasteiger charge is 2.25. The summed E-state index contributed by atoms with van der Waals surface area (Å²) in [5.74, 6) is 0.387. The summed E-state index contributed by atoms with van der Waals surface area (Å²) < 4.78 is 51.8. The van der Waals surface area contributed by atoms with Gasteiger partial charge >= 0.3 is 0 Å². The van der Waals surface area contributed by atoms with Crippen molar-refractivity contribution in [2.75, 3.05) is 12.0 Å². The Morgan fingerprint density at radius 2 is 1.81 bits per heavy atom. The van der Waals surface area contributed by atoms with Crippen LogP contribution >= 0.6 is 0 Å². The van der Waals surface area contributed by atoms with Crippen LogP contribution in [-0.2, 0) is 26.7 Å². The molecule has 11 nitrogen and oxygen atoms in total. The van der Waals surface area contributed by atoms with Crippen LogP contribution in [0.2, 0.25) is 0 Å². The van der Waals surface area contributed by atoms with E-state index in [4.69, 9.17) is 0 Å². The molecule has 0 aliphatic rings. The molecule has 0 N–H and O–H groups in total. The minimum atomic E-state index is -3.63. The highest BCUT2D eigenvalue weighted by molar-refractivity contribution is 7.91. The number of hydrogen-bond acceptors (Lipinski definition) is 9. The SMILES string of the molecule is CCS(=O)(=O)c1ccc(-n2cnc(S(C)(=O)=O)n2)nc1-c1nc2cc(C)cnc2n1C. The predicted octanol–water partition coefficient (Wildman–Crippen LogP) is 1.12. The maximum absolute atomic E-state index is 12.8. The molecule has 0 bridgehead atoms. The van der Waals surface area contributed by atoms with Crippen molar-refractivity contribution in [3.63, 3.8) is 0 Å². The zero-order valence-corrected chi connectivity index (χ0v) is 18.8. The smallest absolute Gasteiger partial charge is 0.266 e. The fraction of sp³-hybridized carbons (Fsp3) is 0.278. The van der Waals surface area contributed by atoms with Crippen molar-refractivity contribution in [2.45, 2.75) is 23.9 Å². The van der Waals surface area contributed by atoms with Crippen LogP contribution in [0.4, 0.5) is 0 Å². The molecule has 4 rings (SSSR count). The quantitative estimate of drug-likeness (QED) is 0.427. The van der Waals surface area contributed by atoms with E-state index in [1.165, 1.54) is 23.1 Å². The van der Waals surface area contributed by atoms with E-state index in [0.29, 0.717) is 17.0 Å². The summed E-state index contributed by atoms with van der Waals surface area (Å²) in [7, 11) is -5.52. The number of aromatic nitrogens is 7. The number of hydrogen-bond donors (Lipinski definition) is 0. The Balaban J connectivity index is 1.98. The second kappa shape index (κ2) is 7.20. The molecule has 0 atom stereocenters. The molecule has 162 valence electrons. The first-order valence-corrected chi connectivity index (χ1v) is 12.7. The first-order valence-electron chi connectivity index (χ1n) is 9.16. The Morgan fingerprint density at radius 1 is 1.06 bits per heavy atom. The molecule has 0 fully saturated rings. The number of nitrogens with zero attached hydrogens (tertiary/aromatic N) is 7. The van der Waals surface area contributed by atoms with Gasteiger partial charge in [-0.1, -0.05) is 6.92 Å². The van der Waals surface area contributed by atoms with Crippen molar-refractivity contribution in [1.82, 2.24) is 34.3 Å². The molecule has 4 aromatic rings. The molecule has 4 heterocycles. The van der Waals surface area contributed by atoms with E-state index in [0.717, 1.165) is 11.8 Å². The summed E-state index contributed by atoms with van der Waals surface area (Å²) in [6.07, 6.45) is 3.90. The lowest BCUT2D eigenvalue weighted by Crippen LogP contribution is -2.11. The molecule has 0 radical (unpaired) electrons. The van der Waals surface area contributed by atoms with Crippen molar-refractivity contribution in [3.05, 3.63) is 36.3 Å². The highest BCUT2D eigenvalue weighted by Crippen LogP contribution is 2.29. The minimum Gasteiger partial charge on any atom is -0.310 e. The Kier molecular flexibility index (Phi) is 4.89. The van der Waals surface area contributed by atoms with E-state index < -0.39 is 19.7 Å². The van der Waals surface area contributed by atoms with Gasteiger partial charge in [-0.25, -0.2) is 41.5 Å². The number of fused-ring (bicyclic) bond motifs is 1. The van der Waals surface area contributed by atoms with Crippen LogP contribution in [0.1, 0.15) is 12.5 Å².